The number of hydrogen-bond acceptors (Lipinski definition) is 1. The van der Waals surface area contributed by atoms with Crippen LogP contribution >= 0.6 is 0 Å². The quantitative estimate of drug-likeness (QED) is 0.645. The summed E-state index contributed by atoms with van der Waals surface area (Å²) in [5, 5.41) is 0. The molecule has 1 heteroatoms. The Hall–Kier alpha value is -2.02. The van der Waals surface area contributed by atoms with Crippen LogP contribution in [-0.4, -0.2) is 7.05 Å². The summed E-state index contributed by atoms with van der Waals surface area (Å²) in [6, 6.07) is 17.1. The molecule has 0 saturated carbocycles. The lowest BCUT2D eigenvalue weighted by Gasteiger charge is -2.16. The predicted octanol–water partition coefficient (Wildman–Crippen LogP) is 4.16. The summed E-state index contributed by atoms with van der Waals surface area (Å²) in [5.74, 6) is 0. The summed E-state index contributed by atoms with van der Waals surface area (Å²) in [4.78, 5) is 2.20. The first-order valence-corrected chi connectivity index (χ1v) is 5.87. The van der Waals surface area contributed by atoms with Gasteiger partial charge in [0.2, 0.25) is 0 Å². The molecular formula is C16H15N. The van der Waals surface area contributed by atoms with Crippen molar-refractivity contribution in [2.24, 2.45) is 0 Å². The van der Waals surface area contributed by atoms with E-state index in [0.717, 1.165) is 0 Å². The van der Waals surface area contributed by atoms with Crippen LogP contribution in [0.2, 0.25) is 0 Å². The van der Waals surface area contributed by atoms with Crippen LogP contribution in [0, 0.1) is 0 Å². The molecule has 1 heterocycles. The van der Waals surface area contributed by atoms with Gasteiger partial charge in [0.05, 0.1) is 0 Å². The summed E-state index contributed by atoms with van der Waals surface area (Å²) in [6.45, 7) is 2.17. The Morgan fingerprint density at radius 1 is 0.765 bits per heavy atom. The van der Waals surface area contributed by atoms with Gasteiger partial charge < -0.3 is 4.90 Å². The molecule has 1 aliphatic rings. The van der Waals surface area contributed by atoms with Gasteiger partial charge >= 0.3 is 0 Å². The molecular weight excluding hydrogens is 206 g/mol. The second kappa shape index (κ2) is 3.77. The largest absolute Gasteiger partial charge is 0.350 e. The third kappa shape index (κ3) is 1.55. The fraction of sp³-hybridized carbons (Fsp3) is 0.125. The molecule has 0 fully saturated rings. The zero-order valence-corrected chi connectivity index (χ0v) is 10.1. The Bertz CT molecular complexity index is 596. The maximum Gasteiger partial charge on any atom is 0.0483 e. The van der Waals surface area contributed by atoms with E-state index in [-0.39, 0.29) is 0 Å². The van der Waals surface area contributed by atoms with Gasteiger partial charge in [-0.15, -0.1) is 0 Å². The number of para-hydroxylation sites is 1. The molecule has 0 radical (unpaired) electrons. The first-order chi connectivity index (χ1) is 8.27. The zero-order chi connectivity index (χ0) is 11.8. The van der Waals surface area contributed by atoms with Crippen LogP contribution in [0.25, 0.3) is 16.7 Å². The van der Waals surface area contributed by atoms with Gasteiger partial charge in [-0.05, 0) is 29.7 Å². The van der Waals surface area contributed by atoms with E-state index in [1.165, 1.54) is 28.0 Å². The van der Waals surface area contributed by atoms with Gasteiger partial charge in [0.1, 0.15) is 0 Å². The average molecular weight is 221 g/mol. The van der Waals surface area contributed by atoms with E-state index in [1.54, 1.807) is 0 Å². The van der Waals surface area contributed by atoms with Crippen LogP contribution in [0.5, 0.6) is 0 Å². The number of anilines is 1. The molecule has 1 nitrogen and oxygen atoms in total. The minimum Gasteiger partial charge on any atom is -0.350 e. The van der Waals surface area contributed by atoms with Gasteiger partial charge in [-0.2, -0.15) is 0 Å². The van der Waals surface area contributed by atoms with Crippen molar-refractivity contribution in [1.82, 2.24) is 0 Å². The first-order valence-electron chi connectivity index (χ1n) is 5.87. The lowest BCUT2D eigenvalue weighted by molar-refractivity contribution is 1.21. The highest BCUT2D eigenvalue weighted by Gasteiger charge is 2.15. The Morgan fingerprint density at radius 3 is 2.12 bits per heavy atom. The Kier molecular flexibility index (Phi) is 2.25. The van der Waals surface area contributed by atoms with E-state index in [0.29, 0.717) is 0 Å². The van der Waals surface area contributed by atoms with Crippen LogP contribution < -0.4 is 4.90 Å². The van der Waals surface area contributed by atoms with Crippen LogP contribution in [0.15, 0.2) is 54.7 Å². The first kappa shape index (κ1) is 10.2. The summed E-state index contributed by atoms with van der Waals surface area (Å²) in [5.41, 5.74) is 6.51. The fourth-order valence-electron chi connectivity index (χ4n) is 2.50. The second-order valence-corrected chi connectivity index (χ2v) is 4.49. The highest BCUT2D eigenvalue weighted by Crippen LogP contribution is 2.38. The number of nitrogens with zero attached hydrogens (tertiary/aromatic N) is 1. The van der Waals surface area contributed by atoms with E-state index in [2.05, 4.69) is 73.6 Å². The van der Waals surface area contributed by atoms with E-state index >= 15 is 0 Å². The fourth-order valence-corrected chi connectivity index (χ4v) is 2.50. The molecule has 2 aromatic carbocycles. The van der Waals surface area contributed by atoms with Crippen molar-refractivity contribution >= 4 is 11.3 Å². The summed E-state index contributed by atoms with van der Waals surface area (Å²) in [7, 11) is 2.11. The number of allylic oxidation sites excluding steroid dienone is 1. The minimum absolute atomic E-state index is 1.26. The Labute approximate surface area is 102 Å². The van der Waals surface area contributed by atoms with Gasteiger partial charge in [-0.1, -0.05) is 42.5 Å². The topological polar surface area (TPSA) is 3.24 Å². The SMILES string of the molecule is CC1=CN(C)c2ccccc2-c2ccccc21. The lowest BCUT2D eigenvalue weighted by Crippen LogP contribution is -2.08. The molecule has 2 aromatic rings. The molecule has 0 atom stereocenters. The van der Waals surface area contributed by atoms with Gasteiger partial charge in [0, 0.05) is 24.5 Å². The molecule has 3 rings (SSSR count). The summed E-state index contributed by atoms with van der Waals surface area (Å²) in [6.07, 6.45) is 2.20. The third-order valence-electron chi connectivity index (χ3n) is 3.31. The summed E-state index contributed by atoms with van der Waals surface area (Å²) < 4.78 is 0. The van der Waals surface area contributed by atoms with Crippen LogP contribution in [0.4, 0.5) is 5.69 Å². The van der Waals surface area contributed by atoms with Crippen molar-refractivity contribution in [2.45, 2.75) is 6.92 Å². The van der Waals surface area contributed by atoms with Crippen molar-refractivity contribution in [3.05, 3.63) is 60.3 Å². The van der Waals surface area contributed by atoms with Crippen molar-refractivity contribution in [2.75, 3.05) is 11.9 Å². The van der Waals surface area contributed by atoms with E-state index in [1.807, 2.05) is 0 Å². The molecule has 0 aromatic heterocycles. The number of hydrogen-bond donors (Lipinski definition) is 0. The van der Waals surface area contributed by atoms with Crippen LogP contribution in [-0.2, 0) is 0 Å². The number of benzene rings is 2. The van der Waals surface area contributed by atoms with Crippen molar-refractivity contribution in [1.29, 1.82) is 0 Å². The maximum atomic E-state index is 2.20. The van der Waals surface area contributed by atoms with Crippen molar-refractivity contribution in [3.63, 3.8) is 0 Å². The standard InChI is InChI=1S/C16H15N/c1-12-11-17(2)16-10-6-5-9-15(16)14-8-4-3-7-13(12)14/h3-11H,1-2H3. The molecule has 0 amide bonds. The van der Waals surface area contributed by atoms with Gasteiger partial charge in [0.25, 0.3) is 0 Å². The second-order valence-electron chi connectivity index (χ2n) is 4.49. The maximum absolute atomic E-state index is 2.20. The Morgan fingerprint density at radius 2 is 1.35 bits per heavy atom. The normalized spacial score (nSPS) is 13.5. The van der Waals surface area contributed by atoms with E-state index in [9.17, 15) is 0 Å². The number of fused-ring (bicyclic) bond motifs is 3. The highest BCUT2D eigenvalue weighted by molar-refractivity contribution is 5.90. The van der Waals surface area contributed by atoms with Gasteiger partial charge in [-0.3, -0.25) is 0 Å². The highest BCUT2D eigenvalue weighted by atomic mass is 15.1. The van der Waals surface area contributed by atoms with Gasteiger partial charge in [-0.25, -0.2) is 0 Å². The average Bonchev–Trinajstić information content (AvgIpc) is 2.48. The minimum atomic E-state index is 1.26. The molecule has 0 spiro atoms. The summed E-state index contributed by atoms with van der Waals surface area (Å²) >= 11 is 0. The molecule has 84 valence electrons. The van der Waals surface area contributed by atoms with Crippen molar-refractivity contribution < 1.29 is 0 Å². The van der Waals surface area contributed by atoms with E-state index in [4.69, 9.17) is 0 Å². The Balaban J connectivity index is 2.38. The molecule has 0 saturated heterocycles. The lowest BCUT2D eigenvalue weighted by atomic mass is 9.96. The molecule has 0 N–H and O–H groups in total. The van der Waals surface area contributed by atoms with Crippen LogP contribution in [0.1, 0.15) is 12.5 Å². The van der Waals surface area contributed by atoms with Gasteiger partial charge in [0.15, 0.2) is 0 Å². The van der Waals surface area contributed by atoms with Crippen molar-refractivity contribution in [3.8, 4) is 11.1 Å². The zero-order valence-electron chi connectivity index (χ0n) is 10.1. The molecule has 0 bridgehead atoms. The monoisotopic (exact) mass is 221 g/mol. The molecule has 17 heavy (non-hydrogen) atoms. The molecule has 0 aliphatic carbocycles. The predicted molar refractivity (Wildman–Crippen MR) is 73.9 cm³/mol. The molecule has 0 unspecified atom stereocenters. The molecule has 1 aliphatic heterocycles. The van der Waals surface area contributed by atoms with E-state index < -0.39 is 0 Å². The third-order valence-corrected chi connectivity index (χ3v) is 3.31. The number of rotatable bonds is 0. The smallest absolute Gasteiger partial charge is 0.0483 e. The van der Waals surface area contributed by atoms with Crippen LogP contribution in [0.3, 0.4) is 0 Å².